The molecule has 2 unspecified atom stereocenters. The lowest BCUT2D eigenvalue weighted by atomic mass is 9.92. The van der Waals surface area contributed by atoms with Crippen LogP contribution < -0.4 is 5.32 Å². The molecule has 1 aromatic rings. The Morgan fingerprint density at radius 2 is 2.00 bits per heavy atom. The summed E-state index contributed by atoms with van der Waals surface area (Å²) in [6.45, 7) is 9.45. The first kappa shape index (κ1) is 17.1. The summed E-state index contributed by atoms with van der Waals surface area (Å²) in [6, 6.07) is 5.21. The van der Waals surface area contributed by atoms with Gasteiger partial charge < -0.3 is 10.1 Å². The Labute approximate surface area is 122 Å². The lowest BCUT2D eigenvalue weighted by molar-refractivity contribution is 0.0332. The highest BCUT2D eigenvalue weighted by molar-refractivity contribution is 5.27. The molecule has 114 valence electrons. The van der Waals surface area contributed by atoms with E-state index in [2.05, 4.69) is 26.1 Å². The molecule has 2 atom stereocenters. The van der Waals surface area contributed by atoms with Crippen LogP contribution in [-0.4, -0.2) is 25.8 Å². The maximum Gasteiger partial charge on any atom is 0.123 e. The van der Waals surface area contributed by atoms with Crippen LogP contribution in [0.25, 0.3) is 0 Å². The molecule has 3 heteroatoms. The Bertz CT molecular complexity index is 406. The molecule has 0 aliphatic heterocycles. The Morgan fingerprint density at radius 1 is 1.30 bits per heavy atom. The molecule has 1 N–H and O–H groups in total. The average Bonchev–Trinajstić information content (AvgIpc) is 2.40. The van der Waals surface area contributed by atoms with Crippen molar-refractivity contribution in [2.75, 3.05) is 13.7 Å². The van der Waals surface area contributed by atoms with Gasteiger partial charge in [0, 0.05) is 13.2 Å². The topological polar surface area (TPSA) is 21.3 Å². The zero-order chi connectivity index (χ0) is 15.1. The number of ether oxygens (including phenoxy) is 1. The van der Waals surface area contributed by atoms with E-state index in [4.69, 9.17) is 4.74 Å². The summed E-state index contributed by atoms with van der Waals surface area (Å²) >= 11 is 0. The fourth-order valence-corrected chi connectivity index (χ4v) is 2.63. The third kappa shape index (κ3) is 4.88. The van der Waals surface area contributed by atoms with Crippen molar-refractivity contribution in [2.24, 2.45) is 5.92 Å². The van der Waals surface area contributed by atoms with Gasteiger partial charge in [-0.1, -0.05) is 26.8 Å². The van der Waals surface area contributed by atoms with E-state index in [9.17, 15) is 4.39 Å². The molecule has 1 rings (SSSR count). The first-order chi connectivity index (χ1) is 9.49. The van der Waals surface area contributed by atoms with E-state index in [0.717, 1.165) is 30.5 Å². The van der Waals surface area contributed by atoms with Gasteiger partial charge in [0.05, 0.1) is 6.10 Å². The molecule has 0 aliphatic rings. The van der Waals surface area contributed by atoms with E-state index in [0.29, 0.717) is 5.92 Å². The second-order valence-corrected chi connectivity index (χ2v) is 5.78. The maximum atomic E-state index is 13.4. The minimum absolute atomic E-state index is 0.129. The zero-order valence-electron chi connectivity index (χ0n) is 13.4. The molecule has 0 heterocycles. The second-order valence-electron chi connectivity index (χ2n) is 5.78. The minimum Gasteiger partial charge on any atom is -0.380 e. The summed E-state index contributed by atoms with van der Waals surface area (Å²) in [7, 11) is 1.75. The molecule has 0 aliphatic carbocycles. The minimum atomic E-state index is -0.168. The largest absolute Gasteiger partial charge is 0.380 e. The quantitative estimate of drug-likeness (QED) is 0.784. The van der Waals surface area contributed by atoms with Crippen LogP contribution in [0, 0.1) is 18.7 Å². The third-order valence-corrected chi connectivity index (χ3v) is 3.73. The van der Waals surface area contributed by atoms with Crippen molar-refractivity contribution in [1.82, 2.24) is 5.32 Å². The number of hydrogen-bond acceptors (Lipinski definition) is 2. The van der Waals surface area contributed by atoms with Crippen LogP contribution in [0.1, 0.15) is 38.3 Å². The van der Waals surface area contributed by atoms with Crippen molar-refractivity contribution in [3.05, 3.63) is 35.1 Å². The monoisotopic (exact) mass is 281 g/mol. The molecule has 20 heavy (non-hydrogen) atoms. The van der Waals surface area contributed by atoms with Gasteiger partial charge in [0.15, 0.2) is 0 Å². The molecule has 0 saturated heterocycles. The van der Waals surface area contributed by atoms with Crippen LogP contribution in [-0.2, 0) is 11.2 Å². The molecule has 0 amide bonds. The van der Waals surface area contributed by atoms with Crippen molar-refractivity contribution in [3.63, 3.8) is 0 Å². The maximum absolute atomic E-state index is 13.4. The van der Waals surface area contributed by atoms with Gasteiger partial charge in [0.25, 0.3) is 0 Å². The molecule has 1 aromatic carbocycles. The number of rotatable bonds is 8. The smallest absolute Gasteiger partial charge is 0.123 e. The Kier molecular flexibility index (Phi) is 7.17. The zero-order valence-corrected chi connectivity index (χ0v) is 13.4. The Hall–Kier alpha value is -0.930. The fourth-order valence-electron chi connectivity index (χ4n) is 2.63. The van der Waals surface area contributed by atoms with Gasteiger partial charge in [0.2, 0.25) is 0 Å². The predicted octanol–water partition coefficient (Wildman–Crippen LogP) is 3.72. The van der Waals surface area contributed by atoms with Gasteiger partial charge in [-0.15, -0.1) is 0 Å². The van der Waals surface area contributed by atoms with E-state index < -0.39 is 0 Å². The molecule has 0 fully saturated rings. The number of methoxy groups -OCH3 is 1. The predicted molar refractivity (Wildman–Crippen MR) is 82.6 cm³/mol. The van der Waals surface area contributed by atoms with E-state index >= 15 is 0 Å². The molecule has 0 saturated carbocycles. The summed E-state index contributed by atoms with van der Waals surface area (Å²) in [4.78, 5) is 0. The highest BCUT2D eigenvalue weighted by Crippen LogP contribution is 2.18. The van der Waals surface area contributed by atoms with Crippen LogP contribution in [0.4, 0.5) is 4.39 Å². The van der Waals surface area contributed by atoms with Crippen molar-refractivity contribution >= 4 is 0 Å². The number of nitrogens with one attached hydrogen (secondary N) is 1. The number of hydrogen-bond donors (Lipinski definition) is 1. The van der Waals surface area contributed by atoms with Crippen LogP contribution in [0.3, 0.4) is 0 Å². The number of halogens is 1. The normalized spacial score (nSPS) is 14.6. The van der Waals surface area contributed by atoms with E-state index in [1.165, 1.54) is 6.07 Å². The summed E-state index contributed by atoms with van der Waals surface area (Å²) in [5, 5.41) is 3.55. The average molecular weight is 281 g/mol. The van der Waals surface area contributed by atoms with Gasteiger partial charge in [-0.05, 0) is 55.5 Å². The number of aryl methyl sites for hydroxylation is 1. The van der Waals surface area contributed by atoms with Gasteiger partial charge in [0.1, 0.15) is 5.82 Å². The Balaban J connectivity index is 2.90. The SMILES string of the molecule is CCCNC(Cc1cc(F)ccc1C)C(OC)C(C)C. The highest BCUT2D eigenvalue weighted by Gasteiger charge is 2.24. The van der Waals surface area contributed by atoms with Crippen LogP contribution in [0.15, 0.2) is 18.2 Å². The second kappa shape index (κ2) is 8.38. The van der Waals surface area contributed by atoms with Gasteiger partial charge in [-0.25, -0.2) is 4.39 Å². The summed E-state index contributed by atoms with van der Waals surface area (Å²) in [5.41, 5.74) is 2.19. The standard InChI is InChI=1S/C17H28FNO/c1-6-9-19-16(17(20-5)12(2)3)11-14-10-15(18)8-7-13(14)4/h7-8,10,12,16-17,19H,6,9,11H2,1-5H3. The van der Waals surface area contributed by atoms with Crippen LogP contribution >= 0.6 is 0 Å². The first-order valence-electron chi connectivity index (χ1n) is 7.50. The van der Waals surface area contributed by atoms with Crippen LogP contribution in [0.2, 0.25) is 0 Å². The van der Waals surface area contributed by atoms with Crippen molar-refractivity contribution in [2.45, 2.75) is 52.7 Å². The van der Waals surface area contributed by atoms with Gasteiger partial charge in [-0.2, -0.15) is 0 Å². The van der Waals surface area contributed by atoms with Gasteiger partial charge >= 0.3 is 0 Å². The third-order valence-electron chi connectivity index (χ3n) is 3.73. The lowest BCUT2D eigenvalue weighted by Gasteiger charge is -2.30. The molecular weight excluding hydrogens is 253 g/mol. The summed E-state index contributed by atoms with van der Waals surface area (Å²) in [5.74, 6) is 0.251. The van der Waals surface area contributed by atoms with E-state index in [1.807, 2.05) is 13.0 Å². The van der Waals surface area contributed by atoms with Gasteiger partial charge in [-0.3, -0.25) is 0 Å². The van der Waals surface area contributed by atoms with Crippen LogP contribution in [0.5, 0.6) is 0 Å². The first-order valence-corrected chi connectivity index (χ1v) is 7.50. The van der Waals surface area contributed by atoms with Crippen molar-refractivity contribution in [3.8, 4) is 0 Å². The molecule has 0 bridgehead atoms. The Morgan fingerprint density at radius 3 is 2.55 bits per heavy atom. The lowest BCUT2D eigenvalue weighted by Crippen LogP contribution is -2.45. The molecule has 0 spiro atoms. The van der Waals surface area contributed by atoms with E-state index in [-0.39, 0.29) is 18.0 Å². The summed E-state index contributed by atoms with van der Waals surface area (Å²) < 4.78 is 19.1. The number of benzene rings is 1. The van der Waals surface area contributed by atoms with Crippen molar-refractivity contribution in [1.29, 1.82) is 0 Å². The summed E-state index contributed by atoms with van der Waals surface area (Å²) in [6.07, 6.45) is 2.00. The molecule has 0 aromatic heterocycles. The molecule has 0 radical (unpaired) electrons. The molecule has 2 nitrogen and oxygen atoms in total. The molecular formula is C17H28FNO. The van der Waals surface area contributed by atoms with E-state index in [1.54, 1.807) is 13.2 Å². The fraction of sp³-hybridized carbons (Fsp3) is 0.647. The van der Waals surface area contributed by atoms with Crippen molar-refractivity contribution < 1.29 is 9.13 Å². The highest BCUT2D eigenvalue weighted by atomic mass is 19.1.